The molecular weight excluding hydrogens is 347 g/mol. The molecule has 26 heavy (non-hydrogen) atoms. The van der Waals surface area contributed by atoms with Gasteiger partial charge in [-0.05, 0) is 24.3 Å². The van der Waals surface area contributed by atoms with Gasteiger partial charge in [0.2, 0.25) is 0 Å². The zero-order valence-corrected chi connectivity index (χ0v) is 14.1. The highest BCUT2D eigenvalue weighted by molar-refractivity contribution is 5.89. The number of hydrogen-bond donors (Lipinski definition) is 1. The number of methoxy groups -OCH3 is 1. The molecule has 1 saturated heterocycles. The maximum Gasteiger partial charge on any atom is 0.322 e. The zero-order valence-electron chi connectivity index (χ0n) is 14.1. The average Bonchev–Trinajstić information content (AvgIpc) is 2.68. The Labute approximate surface area is 149 Å². The highest BCUT2D eigenvalue weighted by Crippen LogP contribution is 2.23. The van der Waals surface area contributed by atoms with Crippen molar-refractivity contribution in [2.24, 2.45) is 0 Å². The number of anilines is 2. The van der Waals surface area contributed by atoms with Crippen LogP contribution in [0.2, 0.25) is 0 Å². The molecule has 0 saturated carbocycles. The molecule has 3 rings (SSSR count). The van der Waals surface area contributed by atoms with Gasteiger partial charge in [0, 0.05) is 37.9 Å². The van der Waals surface area contributed by atoms with Crippen molar-refractivity contribution in [1.29, 1.82) is 0 Å². The van der Waals surface area contributed by atoms with E-state index in [1.165, 1.54) is 4.90 Å². The van der Waals surface area contributed by atoms with E-state index < -0.39 is 23.5 Å². The van der Waals surface area contributed by atoms with Crippen LogP contribution in [0.4, 0.5) is 29.3 Å². The molecule has 1 aliphatic heterocycles. The van der Waals surface area contributed by atoms with E-state index in [1.54, 1.807) is 7.11 Å². The van der Waals surface area contributed by atoms with Gasteiger partial charge in [0.05, 0.1) is 12.8 Å². The Morgan fingerprint density at radius 3 is 2.46 bits per heavy atom. The van der Waals surface area contributed by atoms with Gasteiger partial charge >= 0.3 is 6.03 Å². The second-order valence-corrected chi connectivity index (χ2v) is 5.83. The van der Waals surface area contributed by atoms with Gasteiger partial charge in [-0.1, -0.05) is 6.07 Å². The molecule has 0 atom stereocenters. The first-order chi connectivity index (χ1) is 12.5. The Morgan fingerprint density at radius 1 is 1.04 bits per heavy atom. The molecule has 1 N–H and O–H groups in total. The predicted molar refractivity (Wildman–Crippen MR) is 92.1 cm³/mol. The molecule has 0 aromatic heterocycles. The number of urea groups is 1. The number of nitrogens with one attached hydrogen (secondary N) is 1. The lowest BCUT2D eigenvalue weighted by Gasteiger charge is -2.36. The van der Waals surface area contributed by atoms with E-state index in [9.17, 15) is 18.0 Å². The summed E-state index contributed by atoms with van der Waals surface area (Å²) in [6.07, 6.45) is 0. The summed E-state index contributed by atoms with van der Waals surface area (Å²) in [5.41, 5.74) is 0.597. The highest BCUT2D eigenvalue weighted by atomic mass is 19.2. The number of halogens is 3. The van der Waals surface area contributed by atoms with Crippen LogP contribution in [-0.2, 0) is 0 Å². The molecule has 0 unspecified atom stereocenters. The van der Waals surface area contributed by atoms with E-state index in [2.05, 4.69) is 10.2 Å². The Balaban J connectivity index is 1.61. The van der Waals surface area contributed by atoms with Gasteiger partial charge < -0.3 is 19.9 Å². The molecule has 2 aromatic carbocycles. The lowest BCUT2D eigenvalue weighted by atomic mass is 10.2. The van der Waals surface area contributed by atoms with E-state index in [1.807, 2.05) is 24.3 Å². The van der Waals surface area contributed by atoms with E-state index in [4.69, 9.17) is 4.74 Å². The molecule has 2 aromatic rings. The van der Waals surface area contributed by atoms with Crippen LogP contribution in [-0.4, -0.2) is 44.2 Å². The zero-order chi connectivity index (χ0) is 18.7. The molecule has 5 nitrogen and oxygen atoms in total. The van der Waals surface area contributed by atoms with Crippen LogP contribution >= 0.6 is 0 Å². The number of amides is 2. The van der Waals surface area contributed by atoms with Crippen molar-refractivity contribution in [3.8, 4) is 5.75 Å². The number of carbonyl (C=O) groups excluding carboxylic acids is 1. The van der Waals surface area contributed by atoms with Gasteiger partial charge in [-0.3, -0.25) is 0 Å². The molecule has 2 amide bonds. The monoisotopic (exact) mass is 365 g/mol. The van der Waals surface area contributed by atoms with Crippen LogP contribution in [0.3, 0.4) is 0 Å². The average molecular weight is 365 g/mol. The highest BCUT2D eigenvalue weighted by Gasteiger charge is 2.23. The number of hydrogen-bond acceptors (Lipinski definition) is 3. The molecule has 1 fully saturated rings. The fraction of sp³-hybridized carbons (Fsp3) is 0.278. The summed E-state index contributed by atoms with van der Waals surface area (Å²) in [6.45, 7) is 1.99. The van der Waals surface area contributed by atoms with E-state index in [0.29, 0.717) is 26.2 Å². The normalized spacial score (nSPS) is 14.3. The Kier molecular flexibility index (Phi) is 5.20. The van der Waals surface area contributed by atoms with Crippen molar-refractivity contribution in [2.45, 2.75) is 0 Å². The summed E-state index contributed by atoms with van der Waals surface area (Å²) in [6, 6.07) is 8.82. The van der Waals surface area contributed by atoms with Crippen molar-refractivity contribution in [3.63, 3.8) is 0 Å². The molecule has 1 heterocycles. The molecular formula is C18H18F3N3O2. The number of piperazine rings is 1. The van der Waals surface area contributed by atoms with Crippen LogP contribution in [0.1, 0.15) is 0 Å². The number of ether oxygens (including phenoxy) is 1. The van der Waals surface area contributed by atoms with E-state index >= 15 is 0 Å². The smallest absolute Gasteiger partial charge is 0.322 e. The number of carbonyl (C=O) groups is 1. The minimum Gasteiger partial charge on any atom is -0.497 e. The molecule has 0 radical (unpaired) electrons. The van der Waals surface area contributed by atoms with Crippen molar-refractivity contribution < 1.29 is 22.7 Å². The topological polar surface area (TPSA) is 44.8 Å². The molecule has 8 heteroatoms. The van der Waals surface area contributed by atoms with Crippen molar-refractivity contribution in [3.05, 3.63) is 53.8 Å². The Hall–Kier alpha value is -2.90. The fourth-order valence-corrected chi connectivity index (χ4v) is 2.79. The summed E-state index contributed by atoms with van der Waals surface area (Å²) >= 11 is 0. The summed E-state index contributed by atoms with van der Waals surface area (Å²) in [4.78, 5) is 15.9. The first-order valence-electron chi connectivity index (χ1n) is 8.08. The summed E-state index contributed by atoms with van der Waals surface area (Å²) in [5.74, 6) is -3.57. The number of benzene rings is 2. The second-order valence-electron chi connectivity index (χ2n) is 5.83. The largest absolute Gasteiger partial charge is 0.497 e. The third-order valence-corrected chi connectivity index (χ3v) is 4.26. The minimum atomic E-state index is -1.61. The molecule has 138 valence electrons. The maximum atomic E-state index is 13.7. The van der Waals surface area contributed by atoms with Gasteiger partial charge in [-0.25, -0.2) is 18.0 Å². The second kappa shape index (κ2) is 7.55. The van der Waals surface area contributed by atoms with E-state index in [-0.39, 0.29) is 5.69 Å². The molecule has 0 bridgehead atoms. The van der Waals surface area contributed by atoms with Crippen molar-refractivity contribution >= 4 is 17.4 Å². The first kappa shape index (κ1) is 17.9. The molecule has 0 aliphatic carbocycles. The summed E-state index contributed by atoms with van der Waals surface area (Å²) in [7, 11) is 1.60. The number of rotatable bonds is 3. The van der Waals surface area contributed by atoms with Crippen LogP contribution in [0.15, 0.2) is 36.4 Å². The lowest BCUT2D eigenvalue weighted by Crippen LogP contribution is -2.50. The molecule has 0 spiro atoms. The van der Waals surface area contributed by atoms with Gasteiger partial charge in [0.1, 0.15) is 5.75 Å². The standard InChI is InChI=1S/C18H18F3N3O2/c1-26-13-4-2-3-12(11-13)23-7-9-24(10-8-23)18(25)22-15-6-5-14(19)16(20)17(15)21/h2-6,11H,7-10H2,1H3,(H,22,25). The third kappa shape index (κ3) is 3.68. The Bertz CT molecular complexity index is 808. The first-order valence-corrected chi connectivity index (χ1v) is 8.08. The fourth-order valence-electron chi connectivity index (χ4n) is 2.79. The minimum absolute atomic E-state index is 0.385. The summed E-state index contributed by atoms with van der Waals surface area (Å²) < 4.78 is 45.1. The van der Waals surface area contributed by atoms with Crippen LogP contribution in [0.5, 0.6) is 5.75 Å². The van der Waals surface area contributed by atoms with Crippen molar-refractivity contribution in [2.75, 3.05) is 43.5 Å². The van der Waals surface area contributed by atoms with E-state index in [0.717, 1.165) is 23.6 Å². The van der Waals surface area contributed by atoms with Crippen molar-refractivity contribution in [1.82, 2.24) is 4.90 Å². The quantitative estimate of drug-likeness (QED) is 0.848. The third-order valence-electron chi connectivity index (χ3n) is 4.26. The van der Waals surface area contributed by atoms with Crippen LogP contribution in [0.25, 0.3) is 0 Å². The van der Waals surface area contributed by atoms with Gasteiger partial charge in [0.15, 0.2) is 17.5 Å². The van der Waals surface area contributed by atoms with Gasteiger partial charge in [-0.2, -0.15) is 0 Å². The lowest BCUT2D eigenvalue weighted by molar-refractivity contribution is 0.208. The summed E-state index contributed by atoms with van der Waals surface area (Å²) in [5, 5.41) is 2.29. The van der Waals surface area contributed by atoms with Gasteiger partial charge in [-0.15, -0.1) is 0 Å². The van der Waals surface area contributed by atoms with Crippen LogP contribution in [0, 0.1) is 17.5 Å². The molecule has 1 aliphatic rings. The Morgan fingerprint density at radius 2 is 1.77 bits per heavy atom. The van der Waals surface area contributed by atoms with Crippen LogP contribution < -0.4 is 15.0 Å². The SMILES string of the molecule is COc1cccc(N2CCN(C(=O)Nc3ccc(F)c(F)c3F)CC2)c1. The van der Waals surface area contributed by atoms with Gasteiger partial charge in [0.25, 0.3) is 0 Å². The number of nitrogens with zero attached hydrogens (tertiary/aromatic N) is 2. The predicted octanol–water partition coefficient (Wildman–Crippen LogP) is 3.47. The maximum absolute atomic E-state index is 13.7.